The van der Waals surface area contributed by atoms with Crippen LogP contribution in [0, 0.1) is 5.92 Å². The molecule has 2 amide bonds. The molecule has 0 unspecified atom stereocenters. The summed E-state index contributed by atoms with van der Waals surface area (Å²) in [7, 11) is 0. The second-order valence-electron chi connectivity index (χ2n) is 6.66. The Balaban J connectivity index is 2.48. The summed E-state index contributed by atoms with van der Waals surface area (Å²) in [6, 6.07) is 7.15. The predicted molar refractivity (Wildman–Crippen MR) is 86.7 cm³/mol. The van der Waals surface area contributed by atoms with Gasteiger partial charge in [-0.05, 0) is 44.4 Å². The smallest absolute Gasteiger partial charge is 0.407 e. The highest BCUT2D eigenvalue weighted by Gasteiger charge is 2.15. The van der Waals surface area contributed by atoms with Gasteiger partial charge in [-0.15, -0.1) is 0 Å². The van der Waals surface area contributed by atoms with Crippen LogP contribution in [0.25, 0.3) is 0 Å². The molecule has 22 heavy (non-hydrogen) atoms. The molecule has 0 aliphatic heterocycles. The molecule has 2 N–H and O–H groups in total. The molecule has 0 aliphatic rings. The Morgan fingerprint density at radius 1 is 1.09 bits per heavy atom. The van der Waals surface area contributed by atoms with E-state index in [0.717, 1.165) is 5.56 Å². The van der Waals surface area contributed by atoms with Crippen LogP contribution in [-0.4, -0.2) is 24.1 Å². The second kappa shape index (κ2) is 7.82. The van der Waals surface area contributed by atoms with Crippen molar-refractivity contribution in [3.05, 3.63) is 35.4 Å². The molecule has 0 saturated carbocycles. The Bertz CT molecular complexity index is 502. The number of carbonyl (C=O) groups is 2. The lowest BCUT2D eigenvalue weighted by Gasteiger charge is -2.19. The third kappa shape index (κ3) is 7.11. The Morgan fingerprint density at radius 2 is 1.68 bits per heavy atom. The zero-order valence-electron chi connectivity index (χ0n) is 14.0. The molecule has 0 aromatic heterocycles. The van der Waals surface area contributed by atoms with Gasteiger partial charge in [0.1, 0.15) is 5.60 Å². The lowest BCUT2D eigenvalue weighted by Crippen LogP contribution is -2.32. The van der Waals surface area contributed by atoms with E-state index in [0.29, 0.717) is 24.6 Å². The first-order valence-corrected chi connectivity index (χ1v) is 7.51. The van der Waals surface area contributed by atoms with Crippen LogP contribution < -0.4 is 10.6 Å². The zero-order chi connectivity index (χ0) is 16.8. The number of benzene rings is 1. The molecule has 1 aromatic carbocycles. The minimum Gasteiger partial charge on any atom is -0.444 e. The maximum Gasteiger partial charge on any atom is 0.407 e. The number of ether oxygens (including phenoxy) is 1. The summed E-state index contributed by atoms with van der Waals surface area (Å²) in [6.45, 7) is 10.6. The van der Waals surface area contributed by atoms with Crippen molar-refractivity contribution in [1.29, 1.82) is 0 Å². The first-order chi connectivity index (χ1) is 10.2. The third-order valence-electron chi connectivity index (χ3n) is 2.72. The van der Waals surface area contributed by atoms with Crippen molar-refractivity contribution in [2.24, 2.45) is 5.92 Å². The fourth-order valence-corrected chi connectivity index (χ4v) is 1.66. The Morgan fingerprint density at radius 3 is 2.18 bits per heavy atom. The lowest BCUT2D eigenvalue weighted by atomic mass is 10.1. The Hall–Kier alpha value is -2.04. The van der Waals surface area contributed by atoms with Crippen LogP contribution in [0.1, 0.15) is 50.5 Å². The first-order valence-electron chi connectivity index (χ1n) is 7.51. The first kappa shape index (κ1) is 18.0. The van der Waals surface area contributed by atoms with Crippen molar-refractivity contribution in [2.75, 3.05) is 6.54 Å². The summed E-state index contributed by atoms with van der Waals surface area (Å²) in [5.74, 6) is 0.335. The minimum atomic E-state index is -0.511. The predicted octanol–water partition coefficient (Wildman–Crippen LogP) is 3.10. The summed E-state index contributed by atoms with van der Waals surface area (Å²) in [4.78, 5) is 23.4. The number of amides is 2. The van der Waals surface area contributed by atoms with Gasteiger partial charge >= 0.3 is 6.09 Å². The fraction of sp³-hybridized carbons (Fsp3) is 0.529. The van der Waals surface area contributed by atoms with Crippen LogP contribution >= 0.6 is 0 Å². The topological polar surface area (TPSA) is 67.4 Å². The van der Waals surface area contributed by atoms with Gasteiger partial charge in [-0.1, -0.05) is 26.0 Å². The van der Waals surface area contributed by atoms with Crippen molar-refractivity contribution in [1.82, 2.24) is 10.6 Å². The largest absolute Gasteiger partial charge is 0.444 e. The molecule has 0 atom stereocenters. The molecule has 5 nitrogen and oxygen atoms in total. The summed E-state index contributed by atoms with van der Waals surface area (Å²) in [5, 5.41) is 5.55. The second-order valence-corrected chi connectivity index (χ2v) is 6.66. The van der Waals surface area contributed by atoms with Gasteiger partial charge in [0.15, 0.2) is 0 Å². The van der Waals surface area contributed by atoms with E-state index in [1.54, 1.807) is 12.1 Å². The van der Waals surface area contributed by atoms with E-state index in [4.69, 9.17) is 4.74 Å². The highest BCUT2D eigenvalue weighted by atomic mass is 16.6. The standard InChI is InChI=1S/C17H26N2O3/c1-12(2)10-18-15(20)14-8-6-13(7-9-14)11-19-16(21)22-17(3,4)5/h6-9,12H,10-11H2,1-5H3,(H,18,20)(H,19,21). The van der Waals surface area contributed by atoms with Crippen LogP contribution in [-0.2, 0) is 11.3 Å². The molecule has 0 bridgehead atoms. The van der Waals surface area contributed by atoms with Gasteiger partial charge in [0.05, 0.1) is 0 Å². The van der Waals surface area contributed by atoms with Crippen molar-refractivity contribution < 1.29 is 14.3 Å². The van der Waals surface area contributed by atoms with E-state index in [1.807, 2.05) is 46.8 Å². The Labute approximate surface area is 132 Å². The Kier molecular flexibility index (Phi) is 6.40. The van der Waals surface area contributed by atoms with E-state index in [9.17, 15) is 9.59 Å². The van der Waals surface area contributed by atoms with Crippen LogP contribution in [0.4, 0.5) is 4.79 Å². The molecular formula is C17H26N2O3. The number of rotatable bonds is 5. The van der Waals surface area contributed by atoms with E-state index < -0.39 is 11.7 Å². The lowest BCUT2D eigenvalue weighted by molar-refractivity contribution is 0.0523. The van der Waals surface area contributed by atoms with Crippen molar-refractivity contribution in [2.45, 2.75) is 46.8 Å². The van der Waals surface area contributed by atoms with Gasteiger partial charge in [0, 0.05) is 18.7 Å². The molecule has 1 rings (SSSR count). The maximum atomic E-state index is 11.9. The van der Waals surface area contributed by atoms with Gasteiger partial charge in [-0.2, -0.15) is 0 Å². The number of hydrogen-bond acceptors (Lipinski definition) is 3. The van der Waals surface area contributed by atoms with Gasteiger partial charge in [-0.3, -0.25) is 4.79 Å². The number of alkyl carbamates (subject to hydrolysis) is 1. The third-order valence-corrected chi connectivity index (χ3v) is 2.72. The highest BCUT2D eigenvalue weighted by Crippen LogP contribution is 2.08. The summed E-state index contributed by atoms with van der Waals surface area (Å²) < 4.78 is 5.16. The van der Waals surface area contributed by atoms with E-state index >= 15 is 0 Å². The normalized spacial score (nSPS) is 11.2. The average molecular weight is 306 g/mol. The molecule has 0 fully saturated rings. The van der Waals surface area contributed by atoms with Gasteiger partial charge < -0.3 is 15.4 Å². The van der Waals surface area contributed by atoms with Crippen molar-refractivity contribution in [3.63, 3.8) is 0 Å². The van der Waals surface area contributed by atoms with Crippen LogP contribution in [0.5, 0.6) is 0 Å². The van der Waals surface area contributed by atoms with Gasteiger partial charge in [0.2, 0.25) is 0 Å². The minimum absolute atomic E-state index is 0.0830. The SMILES string of the molecule is CC(C)CNC(=O)c1ccc(CNC(=O)OC(C)(C)C)cc1. The van der Waals surface area contributed by atoms with E-state index in [2.05, 4.69) is 10.6 Å². The van der Waals surface area contributed by atoms with Crippen LogP contribution in [0.2, 0.25) is 0 Å². The molecule has 0 aliphatic carbocycles. The van der Waals surface area contributed by atoms with E-state index in [-0.39, 0.29) is 5.91 Å². The molecular weight excluding hydrogens is 280 g/mol. The van der Waals surface area contributed by atoms with Gasteiger partial charge in [0.25, 0.3) is 5.91 Å². The molecule has 0 saturated heterocycles. The molecule has 0 spiro atoms. The quantitative estimate of drug-likeness (QED) is 0.878. The summed E-state index contributed by atoms with van der Waals surface area (Å²) >= 11 is 0. The zero-order valence-corrected chi connectivity index (χ0v) is 14.0. The van der Waals surface area contributed by atoms with Crippen molar-refractivity contribution >= 4 is 12.0 Å². The molecule has 5 heteroatoms. The molecule has 122 valence electrons. The number of hydrogen-bond donors (Lipinski definition) is 2. The maximum absolute atomic E-state index is 11.9. The summed E-state index contributed by atoms with van der Waals surface area (Å²) in [5.41, 5.74) is 1.01. The average Bonchev–Trinajstić information content (AvgIpc) is 2.41. The monoisotopic (exact) mass is 306 g/mol. The fourth-order valence-electron chi connectivity index (χ4n) is 1.66. The molecule has 0 heterocycles. The number of nitrogens with one attached hydrogen (secondary N) is 2. The molecule has 0 radical (unpaired) electrons. The van der Waals surface area contributed by atoms with E-state index in [1.165, 1.54) is 0 Å². The van der Waals surface area contributed by atoms with Crippen LogP contribution in [0.3, 0.4) is 0 Å². The van der Waals surface area contributed by atoms with Crippen LogP contribution in [0.15, 0.2) is 24.3 Å². The van der Waals surface area contributed by atoms with Crippen molar-refractivity contribution in [3.8, 4) is 0 Å². The van der Waals surface area contributed by atoms with Gasteiger partial charge in [-0.25, -0.2) is 4.79 Å². The number of carbonyl (C=O) groups excluding carboxylic acids is 2. The molecule has 1 aromatic rings. The summed E-state index contributed by atoms with van der Waals surface area (Å²) in [6.07, 6.45) is -0.453. The highest BCUT2D eigenvalue weighted by molar-refractivity contribution is 5.94.